The van der Waals surface area contributed by atoms with Crippen molar-refractivity contribution in [3.8, 4) is 0 Å². The summed E-state index contributed by atoms with van der Waals surface area (Å²) in [5, 5.41) is 16.3. The smallest absolute Gasteiger partial charge is 0.319 e. The van der Waals surface area contributed by atoms with Gasteiger partial charge in [-0.25, -0.2) is 4.79 Å². The lowest BCUT2D eigenvalue weighted by atomic mass is 10.1. The molecule has 0 aliphatic carbocycles. The van der Waals surface area contributed by atoms with Gasteiger partial charge in [0.25, 0.3) is 5.69 Å². The fourth-order valence-corrected chi connectivity index (χ4v) is 2.41. The molecule has 0 radical (unpaired) electrons. The van der Waals surface area contributed by atoms with Gasteiger partial charge in [-0.2, -0.15) is 0 Å². The van der Waals surface area contributed by atoms with E-state index in [4.69, 9.17) is 11.6 Å². The summed E-state index contributed by atoms with van der Waals surface area (Å²) < 4.78 is 0. The third-order valence-electron chi connectivity index (χ3n) is 3.49. The van der Waals surface area contributed by atoms with Crippen molar-refractivity contribution in [2.75, 3.05) is 5.32 Å². The van der Waals surface area contributed by atoms with Crippen LogP contribution in [0.2, 0.25) is 5.02 Å². The Balaban J connectivity index is 1.86. The molecule has 0 heterocycles. The highest BCUT2D eigenvalue weighted by Gasteiger charge is 2.14. The Morgan fingerprint density at radius 1 is 1.25 bits per heavy atom. The average molecular weight is 348 g/mol. The summed E-state index contributed by atoms with van der Waals surface area (Å²) in [6.45, 7) is 1.91. The number of aryl methyl sites for hydroxylation is 1. The number of amides is 2. The fraction of sp³-hybridized carbons (Fsp3) is 0.235. The Bertz CT molecular complexity index is 722. The lowest BCUT2D eigenvalue weighted by Crippen LogP contribution is -2.36. The van der Waals surface area contributed by atoms with Crippen molar-refractivity contribution in [3.05, 3.63) is 69.2 Å². The van der Waals surface area contributed by atoms with Crippen molar-refractivity contribution in [2.24, 2.45) is 0 Å². The van der Waals surface area contributed by atoms with Gasteiger partial charge in [-0.15, -0.1) is 0 Å². The highest BCUT2D eigenvalue weighted by Crippen LogP contribution is 2.27. The number of nitrogens with zero attached hydrogens (tertiary/aromatic N) is 1. The molecule has 0 aliphatic rings. The largest absolute Gasteiger partial charge is 0.335 e. The summed E-state index contributed by atoms with van der Waals surface area (Å²) in [5.74, 6) is 0. The first kappa shape index (κ1) is 17.7. The topological polar surface area (TPSA) is 84.3 Å². The van der Waals surface area contributed by atoms with Crippen molar-refractivity contribution in [1.82, 2.24) is 5.32 Å². The first-order chi connectivity index (χ1) is 11.5. The van der Waals surface area contributed by atoms with Gasteiger partial charge in [-0.3, -0.25) is 10.1 Å². The molecule has 0 saturated heterocycles. The van der Waals surface area contributed by atoms with Gasteiger partial charge in [0.05, 0.1) is 4.92 Å². The molecule has 2 amide bonds. The summed E-state index contributed by atoms with van der Waals surface area (Å²) in [6.07, 6.45) is 1.65. The number of nitro groups is 1. The minimum atomic E-state index is -0.589. The summed E-state index contributed by atoms with van der Waals surface area (Å²) in [6, 6.07) is 13.7. The molecule has 0 aromatic heterocycles. The number of benzene rings is 2. The van der Waals surface area contributed by atoms with Crippen molar-refractivity contribution >= 4 is 29.0 Å². The van der Waals surface area contributed by atoms with E-state index < -0.39 is 11.0 Å². The molecule has 6 nitrogen and oxygen atoms in total. The second-order valence-corrected chi connectivity index (χ2v) is 5.85. The minimum absolute atomic E-state index is 0.0298. The van der Waals surface area contributed by atoms with Crippen molar-refractivity contribution in [1.29, 1.82) is 0 Å². The molecule has 126 valence electrons. The molecule has 2 N–H and O–H groups in total. The van der Waals surface area contributed by atoms with Gasteiger partial charge in [-0.1, -0.05) is 41.9 Å². The van der Waals surface area contributed by atoms with E-state index >= 15 is 0 Å². The Morgan fingerprint density at radius 3 is 2.62 bits per heavy atom. The van der Waals surface area contributed by atoms with Gasteiger partial charge in [-0.05, 0) is 37.5 Å². The molecule has 2 rings (SSSR count). The maximum absolute atomic E-state index is 12.0. The normalized spacial score (nSPS) is 11.6. The predicted octanol–water partition coefficient (Wildman–Crippen LogP) is 4.39. The molecular formula is C17H18ClN3O3. The van der Waals surface area contributed by atoms with E-state index in [0.29, 0.717) is 5.69 Å². The van der Waals surface area contributed by atoms with Crippen LogP contribution in [0.5, 0.6) is 0 Å². The third kappa shape index (κ3) is 5.24. The Labute approximate surface area is 145 Å². The van der Waals surface area contributed by atoms with E-state index in [1.807, 2.05) is 37.3 Å². The van der Waals surface area contributed by atoms with Crippen LogP contribution in [0.3, 0.4) is 0 Å². The molecule has 0 saturated carbocycles. The highest BCUT2D eigenvalue weighted by atomic mass is 35.5. The zero-order chi connectivity index (χ0) is 17.5. The van der Waals surface area contributed by atoms with Gasteiger partial charge in [0.2, 0.25) is 0 Å². The number of anilines is 1. The number of nitrogens with one attached hydrogen (secondary N) is 2. The van der Waals surface area contributed by atoms with Crippen LogP contribution in [0.1, 0.15) is 18.9 Å². The van der Waals surface area contributed by atoms with Gasteiger partial charge >= 0.3 is 6.03 Å². The molecule has 1 unspecified atom stereocenters. The molecule has 1 atom stereocenters. The Morgan fingerprint density at radius 2 is 1.96 bits per heavy atom. The summed E-state index contributed by atoms with van der Waals surface area (Å²) in [5.41, 5.74) is 1.28. The van der Waals surface area contributed by atoms with E-state index in [0.717, 1.165) is 12.8 Å². The van der Waals surface area contributed by atoms with Crippen molar-refractivity contribution < 1.29 is 9.72 Å². The zero-order valence-corrected chi connectivity index (χ0v) is 13.9. The Kier molecular flexibility index (Phi) is 6.14. The van der Waals surface area contributed by atoms with Crippen molar-refractivity contribution in [3.63, 3.8) is 0 Å². The number of hydrogen-bond acceptors (Lipinski definition) is 3. The first-order valence-corrected chi connectivity index (χ1v) is 7.89. The van der Waals surface area contributed by atoms with Crippen LogP contribution in [0.15, 0.2) is 48.5 Å². The van der Waals surface area contributed by atoms with E-state index in [1.54, 1.807) is 0 Å². The van der Waals surface area contributed by atoms with E-state index in [2.05, 4.69) is 10.6 Å². The van der Waals surface area contributed by atoms with Crippen LogP contribution in [-0.2, 0) is 6.42 Å². The maximum atomic E-state index is 12.0. The van der Waals surface area contributed by atoms with Crippen LogP contribution in [0.25, 0.3) is 0 Å². The standard InChI is InChI=1S/C17H18ClN3O3/c1-12(7-8-13-5-3-2-4-6-13)19-17(22)20-14-9-10-15(18)16(11-14)21(23)24/h2-6,9-12H,7-8H2,1H3,(H2,19,20,22). The van der Waals surface area contributed by atoms with E-state index in [1.165, 1.54) is 23.8 Å². The Hall–Kier alpha value is -2.60. The fourth-order valence-electron chi connectivity index (χ4n) is 2.22. The van der Waals surface area contributed by atoms with Crippen molar-refractivity contribution in [2.45, 2.75) is 25.8 Å². The maximum Gasteiger partial charge on any atom is 0.319 e. The average Bonchev–Trinajstić information content (AvgIpc) is 2.55. The molecule has 2 aromatic carbocycles. The summed E-state index contributed by atoms with van der Waals surface area (Å²) in [4.78, 5) is 22.2. The molecule has 7 heteroatoms. The molecule has 0 bridgehead atoms. The van der Waals surface area contributed by atoms with Gasteiger partial charge in [0.1, 0.15) is 5.02 Å². The highest BCUT2D eigenvalue weighted by molar-refractivity contribution is 6.32. The number of rotatable bonds is 6. The summed E-state index contributed by atoms with van der Waals surface area (Å²) >= 11 is 5.74. The second kappa shape index (κ2) is 8.31. The first-order valence-electron chi connectivity index (χ1n) is 7.51. The minimum Gasteiger partial charge on any atom is -0.335 e. The molecule has 0 aliphatic heterocycles. The van der Waals surface area contributed by atoms with Crippen LogP contribution in [0, 0.1) is 10.1 Å². The number of urea groups is 1. The summed E-state index contributed by atoms with van der Waals surface area (Å²) in [7, 11) is 0. The number of hydrogen-bond donors (Lipinski definition) is 2. The molecule has 24 heavy (non-hydrogen) atoms. The van der Waals surface area contributed by atoms with Crippen LogP contribution >= 0.6 is 11.6 Å². The number of halogens is 1. The van der Waals surface area contributed by atoms with E-state index in [9.17, 15) is 14.9 Å². The second-order valence-electron chi connectivity index (χ2n) is 5.45. The lowest BCUT2D eigenvalue weighted by molar-refractivity contribution is -0.384. The van der Waals surface area contributed by atoms with Crippen LogP contribution in [-0.4, -0.2) is 17.0 Å². The van der Waals surface area contributed by atoms with Crippen LogP contribution in [0.4, 0.5) is 16.2 Å². The number of carbonyl (C=O) groups is 1. The van der Waals surface area contributed by atoms with Crippen LogP contribution < -0.4 is 10.6 Å². The van der Waals surface area contributed by atoms with Gasteiger partial charge in [0, 0.05) is 17.8 Å². The molecule has 0 fully saturated rings. The predicted molar refractivity (Wildman–Crippen MR) is 94.5 cm³/mol. The third-order valence-corrected chi connectivity index (χ3v) is 3.81. The molecular weight excluding hydrogens is 330 g/mol. The number of nitro benzene ring substituents is 1. The number of carbonyl (C=O) groups excluding carboxylic acids is 1. The molecule has 0 spiro atoms. The van der Waals surface area contributed by atoms with Gasteiger partial charge in [0.15, 0.2) is 0 Å². The van der Waals surface area contributed by atoms with E-state index in [-0.39, 0.29) is 16.8 Å². The zero-order valence-electron chi connectivity index (χ0n) is 13.2. The lowest BCUT2D eigenvalue weighted by Gasteiger charge is -2.14. The monoisotopic (exact) mass is 347 g/mol. The molecule has 2 aromatic rings. The quantitative estimate of drug-likeness (QED) is 0.600. The van der Waals surface area contributed by atoms with Gasteiger partial charge < -0.3 is 10.6 Å². The SMILES string of the molecule is CC(CCc1ccccc1)NC(=O)Nc1ccc(Cl)c([N+](=O)[O-])c1.